The molecule has 11 heteroatoms. The number of ether oxygens (including phenoxy) is 1. The molecule has 1 aliphatic heterocycles. The number of imidazole rings is 1. The highest BCUT2D eigenvalue weighted by atomic mass is 35.5. The standard InChI is InChI=1S/C21H32ClN5O5/c1-5-14-19(22)25-20(23-14)21(30)24-15-8-10-27(12-16(15)32-11-9-13(2)3)18(29)7-6-17(28)26-31-4/h6-7,13,15-16H,5,8-12H2,1-4H3,(H,23,25)(H,24,30)(H,26,28)/b7-6+/t15-,16+/m1/s1. The summed E-state index contributed by atoms with van der Waals surface area (Å²) in [4.78, 5) is 49.8. The smallest absolute Gasteiger partial charge is 0.287 e. The van der Waals surface area contributed by atoms with Gasteiger partial charge in [0.25, 0.3) is 11.8 Å². The fourth-order valence-electron chi connectivity index (χ4n) is 3.26. The number of carbonyl (C=O) groups is 3. The molecule has 3 N–H and O–H groups in total. The largest absolute Gasteiger partial charge is 0.374 e. The van der Waals surface area contributed by atoms with Crippen LogP contribution in [0.2, 0.25) is 5.15 Å². The number of carbonyl (C=O) groups excluding carboxylic acids is 3. The third kappa shape index (κ3) is 7.61. The molecule has 1 saturated heterocycles. The van der Waals surface area contributed by atoms with E-state index in [4.69, 9.17) is 16.3 Å². The number of hydroxylamine groups is 1. The summed E-state index contributed by atoms with van der Waals surface area (Å²) < 4.78 is 6.05. The van der Waals surface area contributed by atoms with Gasteiger partial charge in [-0.25, -0.2) is 10.5 Å². The van der Waals surface area contributed by atoms with E-state index in [2.05, 4.69) is 39.4 Å². The predicted octanol–water partition coefficient (Wildman–Crippen LogP) is 1.62. The summed E-state index contributed by atoms with van der Waals surface area (Å²) in [5.41, 5.74) is 2.82. The molecule has 2 heterocycles. The SMILES string of the molecule is CCc1[nH]c(C(=O)N[C@@H]2CCN(C(=O)/C=C/C(=O)NOC)C[C@@H]2OCCC(C)C)nc1Cl. The number of piperidine rings is 1. The summed E-state index contributed by atoms with van der Waals surface area (Å²) in [5, 5.41) is 3.25. The molecule has 0 spiro atoms. The Morgan fingerprint density at radius 1 is 1.34 bits per heavy atom. The number of H-pyrrole nitrogens is 1. The van der Waals surface area contributed by atoms with Gasteiger partial charge < -0.3 is 19.9 Å². The van der Waals surface area contributed by atoms with Gasteiger partial charge in [-0.05, 0) is 25.2 Å². The molecule has 1 fully saturated rings. The Labute approximate surface area is 193 Å². The van der Waals surface area contributed by atoms with Gasteiger partial charge in [0.15, 0.2) is 11.0 Å². The second-order valence-electron chi connectivity index (χ2n) is 7.96. The van der Waals surface area contributed by atoms with E-state index in [9.17, 15) is 14.4 Å². The predicted molar refractivity (Wildman–Crippen MR) is 119 cm³/mol. The lowest BCUT2D eigenvalue weighted by molar-refractivity contribution is -0.132. The number of likely N-dealkylation sites (tertiary alicyclic amines) is 1. The molecule has 178 valence electrons. The molecule has 0 saturated carbocycles. The number of amides is 3. The monoisotopic (exact) mass is 469 g/mol. The van der Waals surface area contributed by atoms with Crippen LogP contribution in [0.15, 0.2) is 12.2 Å². The van der Waals surface area contributed by atoms with Crippen molar-refractivity contribution >= 4 is 29.3 Å². The Hall–Kier alpha value is -2.43. The number of rotatable bonds is 10. The third-order valence-corrected chi connectivity index (χ3v) is 5.40. The Kier molecular flexibility index (Phi) is 10.1. The summed E-state index contributed by atoms with van der Waals surface area (Å²) in [6.07, 6.45) is 3.90. The first-order valence-electron chi connectivity index (χ1n) is 10.7. The van der Waals surface area contributed by atoms with Gasteiger partial charge in [-0.15, -0.1) is 0 Å². The number of hydrogen-bond donors (Lipinski definition) is 3. The van der Waals surface area contributed by atoms with Crippen LogP contribution in [-0.2, 0) is 25.6 Å². The van der Waals surface area contributed by atoms with Crippen LogP contribution in [0.25, 0.3) is 0 Å². The molecule has 0 aromatic carbocycles. The Balaban J connectivity index is 2.05. The van der Waals surface area contributed by atoms with Gasteiger partial charge in [-0.3, -0.25) is 19.2 Å². The van der Waals surface area contributed by atoms with Crippen molar-refractivity contribution in [2.75, 3.05) is 26.8 Å². The molecular weight excluding hydrogens is 438 g/mol. The summed E-state index contributed by atoms with van der Waals surface area (Å²) in [6, 6.07) is -0.298. The third-order valence-electron chi connectivity index (χ3n) is 5.09. The summed E-state index contributed by atoms with van der Waals surface area (Å²) in [7, 11) is 1.31. The van der Waals surface area contributed by atoms with Crippen molar-refractivity contribution in [3.05, 3.63) is 28.8 Å². The van der Waals surface area contributed by atoms with Gasteiger partial charge >= 0.3 is 0 Å². The molecule has 0 radical (unpaired) electrons. The van der Waals surface area contributed by atoms with Crippen molar-refractivity contribution in [3.63, 3.8) is 0 Å². The van der Waals surface area contributed by atoms with E-state index < -0.39 is 12.0 Å². The minimum Gasteiger partial charge on any atom is -0.374 e. The quantitative estimate of drug-likeness (QED) is 0.353. The summed E-state index contributed by atoms with van der Waals surface area (Å²) in [5.74, 6) is -0.604. The van der Waals surface area contributed by atoms with Crippen molar-refractivity contribution in [1.82, 2.24) is 25.7 Å². The van der Waals surface area contributed by atoms with Crippen LogP contribution in [0, 0.1) is 5.92 Å². The van der Waals surface area contributed by atoms with Crippen molar-refractivity contribution in [2.45, 2.75) is 52.2 Å². The highest BCUT2D eigenvalue weighted by Crippen LogP contribution is 2.18. The Morgan fingerprint density at radius 2 is 2.09 bits per heavy atom. The van der Waals surface area contributed by atoms with E-state index in [-0.39, 0.29) is 35.4 Å². The highest BCUT2D eigenvalue weighted by Gasteiger charge is 2.33. The lowest BCUT2D eigenvalue weighted by atomic mass is 10.0. The van der Waals surface area contributed by atoms with Crippen LogP contribution in [0.1, 0.15) is 49.9 Å². The van der Waals surface area contributed by atoms with E-state index in [1.807, 2.05) is 6.92 Å². The van der Waals surface area contributed by atoms with Gasteiger partial charge in [-0.2, -0.15) is 0 Å². The molecule has 2 atom stereocenters. The Bertz CT molecular complexity index is 826. The van der Waals surface area contributed by atoms with E-state index in [1.165, 1.54) is 13.2 Å². The molecule has 32 heavy (non-hydrogen) atoms. The maximum absolute atomic E-state index is 12.7. The maximum atomic E-state index is 12.7. The van der Waals surface area contributed by atoms with Crippen LogP contribution < -0.4 is 10.8 Å². The van der Waals surface area contributed by atoms with Crippen LogP contribution in [0.5, 0.6) is 0 Å². The van der Waals surface area contributed by atoms with Crippen LogP contribution in [-0.4, -0.2) is 71.5 Å². The second kappa shape index (κ2) is 12.6. The van der Waals surface area contributed by atoms with E-state index in [0.29, 0.717) is 37.6 Å². The molecule has 1 aromatic heterocycles. The molecule has 0 bridgehead atoms. The van der Waals surface area contributed by atoms with E-state index in [1.54, 1.807) is 4.90 Å². The Morgan fingerprint density at radius 3 is 2.72 bits per heavy atom. The van der Waals surface area contributed by atoms with Crippen molar-refractivity contribution in [1.29, 1.82) is 0 Å². The number of aromatic amines is 1. The lowest BCUT2D eigenvalue weighted by Crippen LogP contribution is -2.56. The number of halogens is 1. The topological polar surface area (TPSA) is 126 Å². The molecule has 1 aliphatic rings. The van der Waals surface area contributed by atoms with E-state index >= 15 is 0 Å². The average molecular weight is 470 g/mol. The number of nitrogens with one attached hydrogen (secondary N) is 3. The average Bonchev–Trinajstić information content (AvgIpc) is 3.13. The molecule has 0 unspecified atom stereocenters. The lowest BCUT2D eigenvalue weighted by Gasteiger charge is -2.38. The van der Waals surface area contributed by atoms with Gasteiger partial charge in [0.1, 0.15) is 0 Å². The van der Waals surface area contributed by atoms with Gasteiger partial charge in [0.05, 0.1) is 24.9 Å². The number of aromatic nitrogens is 2. The minimum atomic E-state index is -0.531. The molecule has 10 nitrogen and oxygen atoms in total. The molecule has 0 aliphatic carbocycles. The van der Waals surface area contributed by atoms with Gasteiger partial charge in [0.2, 0.25) is 5.91 Å². The number of hydrogen-bond acceptors (Lipinski definition) is 6. The normalized spacial score (nSPS) is 18.9. The second-order valence-corrected chi connectivity index (χ2v) is 8.31. The molecule has 3 amide bonds. The highest BCUT2D eigenvalue weighted by molar-refractivity contribution is 6.30. The van der Waals surface area contributed by atoms with Crippen molar-refractivity contribution in [3.8, 4) is 0 Å². The first-order chi connectivity index (χ1) is 15.2. The summed E-state index contributed by atoms with van der Waals surface area (Å²) >= 11 is 6.05. The minimum absolute atomic E-state index is 0.151. The van der Waals surface area contributed by atoms with Crippen LogP contribution in [0.4, 0.5) is 0 Å². The first-order valence-corrected chi connectivity index (χ1v) is 11.1. The molecule has 1 aromatic rings. The zero-order chi connectivity index (χ0) is 23.7. The fourth-order valence-corrected chi connectivity index (χ4v) is 3.52. The van der Waals surface area contributed by atoms with Crippen molar-refractivity contribution < 1.29 is 24.0 Å². The maximum Gasteiger partial charge on any atom is 0.287 e. The fraction of sp³-hybridized carbons (Fsp3) is 0.619. The van der Waals surface area contributed by atoms with Gasteiger partial charge in [0, 0.05) is 31.8 Å². The van der Waals surface area contributed by atoms with Crippen LogP contribution >= 0.6 is 11.6 Å². The first kappa shape index (κ1) is 25.8. The zero-order valence-corrected chi connectivity index (χ0v) is 19.7. The zero-order valence-electron chi connectivity index (χ0n) is 18.9. The number of nitrogens with zero attached hydrogens (tertiary/aromatic N) is 2. The van der Waals surface area contributed by atoms with Gasteiger partial charge in [-0.1, -0.05) is 32.4 Å². The molecular formula is C21H32ClN5O5. The van der Waals surface area contributed by atoms with Crippen LogP contribution in [0.3, 0.4) is 0 Å². The summed E-state index contributed by atoms with van der Waals surface area (Å²) in [6.45, 7) is 7.32. The molecule has 2 rings (SSSR count). The van der Waals surface area contributed by atoms with E-state index in [0.717, 1.165) is 12.5 Å². The number of aryl methyl sites for hydroxylation is 1. The van der Waals surface area contributed by atoms with Crippen molar-refractivity contribution in [2.24, 2.45) is 5.92 Å².